The second-order valence-electron chi connectivity index (χ2n) is 9.49. The molecule has 7 nitrogen and oxygen atoms in total. The normalized spacial score (nSPS) is 10.9. The first kappa shape index (κ1) is 23.9. The number of hydrogen-bond acceptors (Lipinski definition) is 7. The lowest BCUT2D eigenvalue weighted by atomic mass is 10.0. The third-order valence-electron chi connectivity index (χ3n) is 6.89. The summed E-state index contributed by atoms with van der Waals surface area (Å²) in [7, 11) is 0. The molecule has 0 unspecified atom stereocenters. The summed E-state index contributed by atoms with van der Waals surface area (Å²) < 4.78 is 6.32. The highest BCUT2D eigenvalue weighted by atomic mass is 16.3. The van der Waals surface area contributed by atoms with Gasteiger partial charge >= 0.3 is 0 Å². The van der Waals surface area contributed by atoms with Crippen LogP contribution in [0.5, 0.6) is 0 Å². The van der Waals surface area contributed by atoms with E-state index in [1.165, 1.54) is 12.4 Å². The topological polar surface area (TPSA) is 112 Å². The van der Waals surface area contributed by atoms with Crippen molar-refractivity contribution in [2.75, 3.05) is 0 Å². The smallest absolute Gasteiger partial charge is 0.136 e. The average molecular weight is 527 g/mol. The van der Waals surface area contributed by atoms with Crippen molar-refractivity contribution in [1.29, 1.82) is 10.5 Å². The maximum atomic E-state index is 9.22. The van der Waals surface area contributed by atoms with Gasteiger partial charge in [0.2, 0.25) is 0 Å². The Hall–Kier alpha value is -6.18. The molecular formula is C34H18N6O. The Labute approximate surface area is 234 Å². The molecule has 0 amide bonds. The summed E-state index contributed by atoms with van der Waals surface area (Å²) in [5.41, 5.74) is 8.99. The number of rotatable bonds is 4. The summed E-state index contributed by atoms with van der Waals surface area (Å²) in [6.07, 6.45) is 6.48. The minimum absolute atomic E-state index is 0.491. The standard InChI is InChI=1S/C34H18N6O/c35-15-21-11-25(19-37-17-21)31-5-1-3-29(39-31)23-7-9-27-28-10-8-24(14-34(28)41-33(27)13-23)30-4-2-6-32(40-30)26-12-22(16-36)18-38-20-26/h1-14,17-20H. The Kier molecular flexibility index (Phi) is 5.74. The molecule has 0 fully saturated rings. The molecule has 0 N–H and O–H groups in total. The van der Waals surface area contributed by atoms with Crippen molar-refractivity contribution in [2.45, 2.75) is 0 Å². The van der Waals surface area contributed by atoms with E-state index < -0.39 is 0 Å². The number of furan rings is 1. The monoisotopic (exact) mass is 526 g/mol. The molecule has 0 aliphatic carbocycles. The molecule has 0 aliphatic rings. The second kappa shape index (κ2) is 9.85. The number of fused-ring (bicyclic) bond motifs is 3. The van der Waals surface area contributed by atoms with Crippen LogP contribution in [0.15, 0.2) is 114 Å². The molecule has 0 aliphatic heterocycles. The maximum Gasteiger partial charge on any atom is 0.136 e. The Morgan fingerprint density at radius 2 is 0.927 bits per heavy atom. The van der Waals surface area contributed by atoms with Gasteiger partial charge in [-0.1, -0.05) is 24.3 Å². The van der Waals surface area contributed by atoms with Gasteiger partial charge in [-0.3, -0.25) is 9.97 Å². The summed E-state index contributed by atoms with van der Waals surface area (Å²) in [4.78, 5) is 18.0. The van der Waals surface area contributed by atoms with Gasteiger partial charge in [0.15, 0.2) is 0 Å². The Balaban J connectivity index is 1.25. The predicted molar refractivity (Wildman–Crippen MR) is 156 cm³/mol. The van der Waals surface area contributed by atoms with Crippen molar-refractivity contribution in [3.8, 4) is 57.2 Å². The summed E-state index contributed by atoms with van der Waals surface area (Å²) in [6, 6.07) is 31.6. The van der Waals surface area contributed by atoms with Crippen LogP contribution in [-0.2, 0) is 0 Å². The molecule has 5 heterocycles. The van der Waals surface area contributed by atoms with Crippen LogP contribution in [0.1, 0.15) is 11.1 Å². The molecule has 0 spiro atoms. The highest BCUT2D eigenvalue weighted by Crippen LogP contribution is 2.35. The molecule has 7 rings (SSSR count). The number of aromatic nitrogens is 4. The lowest BCUT2D eigenvalue weighted by Crippen LogP contribution is -1.89. The van der Waals surface area contributed by atoms with E-state index in [0.717, 1.165) is 67.0 Å². The van der Waals surface area contributed by atoms with Gasteiger partial charge in [0, 0.05) is 57.8 Å². The van der Waals surface area contributed by atoms with E-state index in [1.807, 2.05) is 60.7 Å². The van der Waals surface area contributed by atoms with Crippen LogP contribution in [0.25, 0.3) is 67.0 Å². The second-order valence-corrected chi connectivity index (χ2v) is 9.49. The molecule has 190 valence electrons. The van der Waals surface area contributed by atoms with E-state index in [9.17, 15) is 10.5 Å². The van der Waals surface area contributed by atoms with Gasteiger partial charge in [-0.2, -0.15) is 10.5 Å². The Bertz CT molecular complexity index is 2050. The molecule has 2 aromatic carbocycles. The third-order valence-corrected chi connectivity index (χ3v) is 6.89. The first-order chi connectivity index (χ1) is 20.2. The van der Waals surface area contributed by atoms with Crippen LogP contribution in [0, 0.1) is 22.7 Å². The van der Waals surface area contributed by atoms with Crippen molar-refractivity contribution in [2.24, 2.45) is 0 Å². The lowest BCUT2D eigenvalue weighted by molar-refractivity contribution is 0.669. The molecule has 41 heavy (non-hydrogen) atoms. The van der Waals surface area contributed by atoms with E-state index in [1.54, 1.807) is 24.5 Å². The predicted octanol–water partition coefficient (Wildman–Crippen LogP) is 7.58. The van der Waals surface area contributed by atoms with Gasteiger partial charge in [0.1, 0.15) is 23.3 Å². The van der Waals surface area contributed by atoms with Gasteiger partial charge in [0.25, 0.3) is 0 Å². The number of nitrogens with zero attached hydrogens (tertiary/aromatic N) is 6. The van der Waals surface area contributed by atoms with Crippen LogP contribution >= 0.6 is 0 Å². The van der Waals surface area contributed by atoms with E-state index >= 15 is 0 Å². The van der Waals surface area contributed by atoms with Crippen molar-refractivity contribution in [1.82, 2.24) is 19.9 Å². The van der Waals surface area contributed by atoms with Crippen LogP contribution < -0.4 is 0 Å². The fraction of sp³-hybridized carbons (Fsp3) is 0. The van der Waals surface area contributed by atoms with E-state index in [4.69, 9.17) is 14.4 Å². The first-order valence-corrected chi connectivity index (χ1v) is 12.8. The van der Waals surface area contributed by atoms with Gasteiger partial charge < -0.3 is 4.42 Å². The number of pyridine rings is 4. The zero-order valence-corrected chi connectivity index (χ0v) is 21.5. The maximum absolute atomic E-state index is 9.22. The van der Waals surface area contributed by atoms with Crippen molar-refractivity contribution < 1.29 is 4.42 Å². The third kappa shape index (κ3) is 4.44. The summed E-state index contributed by atoms with van der Waals surface area (Å²) in [5, 5.41) is 20.5. The van der Waals surface area contributed by atoms with E-state index in [-0.39, 0.29) is 0 Å². The van der Waals surface area contributed by atoms with Crippen LogP contribution in [0.3, 0.4) is 0 Å². The molecule has 0 saturated carbocycles. The number of hydrogen-bond donors (Lipinski definition) is 0. The van der Waals surface area contributed by atoms with Crippen molar-refractivity contribution in [3.63, 3.8) is 0 Å². The number of nitriles is 2. The lowest BCUT2D eigenvalue weighted by Gasteiger charge is -2.05. The zero-order chi connectivity index (χ0) is 27.8. The number of benzene rings is 2. The molecule has 0 radical (unpaired) electrons. The first-order valence-electron chi connectivity index (χ1n) is 12.8. The Morgan fingerprint density at radius 1 is 0.488 bits per heavy atom. The highest BCUT2D eigenvalue weighted by Gasteiger charge is 2.13. The van der Waals surface area contributed by atoms with Crippen LogP contribution in [-0.4, -0.2) is 19.9 Å². The molecule has 0 saturated heterocycles. The van der Waals surface area contributed by atoms with Crippen LogP contribution in [0.4, 0.5) is 0 Å². The van der Waals surface area contributed by atoms with Crippen molar-refractivity contribution >= 4 is 21.9 Å². The van der Waals surface area contributed by atoms with Gasteiger partial charge in [-0.25, -0.2) is 9.97 Å². The fourth-order valence-corrected chi connectivity index (χ4v) is 4.89. The molecule has 7 aromatic rings. The van der Waals surface area contributed by atoms with Gasteiger partial charge in [-0.15, -0.1) is 0 Å². The molecular weight excluding hydrogens is 508 g/mol. The highest BCUT2D eigenvalue weighted by molar-refractivity contribution is 6.06. The van der Waals surface area contributed by atoms with Crippen LogP contribution in [0.2, 0.25) is 0 Å². The average Bonchev–Trinajstić information content (AvgIpc) is 3.42. The zero-order valence-electron chi connectivity index (χ0n) is 21.5. The van der Waals surface area contributed by atoms with Gasteiger partial charge in [0.05, 0.1) is 33.9 Å². The SMILES string of the molecule is N#Cc1cncc(-c2cccc(-c3ccc4c(c3)oc3cc(-c5cccc(-c6cncc(C#N)c6)n5)ccc34)n2)c1. The molecule has 0 atom stereocenters. The summed E-state index contributed by atoms with van der Waals surface area (Å²) >= 11 is 0. The minimum atomic E-state index is 0.491. The Morgan fingerprint density at radius 3 is 1.37 bits per heavy atom. The van der Waals surface area contributed by atoms with E-state index in [2.05, 4.69) is 34.2 Å². The largest absolute Gasteiger partial charge is 0.456 e. The van der Waals surface area contributed by atoms with E-state index in [0.29, 0.717) is 11.1 Å². The van der Waals surface area contributed by atoms with Gasteiger partial charge in [-0.05, 0) is 60.7 Å². The summed E-state index contributed by atoms with van der Waals surface area (Å²) in [6.45, 7) is 0. The fourth-order valence-electron chi connectivity index (χ4n) is 4.89. The summed E-state index contributed by atoms with van der Waals surface area (Å²) in [5.74, 6) is 0. The molecule has 7 heteroatoms. The molecule has 5 aromatic heterocycles. The molecule has 0 bridgehead atoms. The van der Waals surface area contributed by atoms with Crippen molar-refractivity contribution in [3.05, 3.63) is 121 Å². The quantitative estimate of drug-likeness (QED) is 0.232. The minimum Gasteiger partial charge on any atom is -0.456 e.